The molecule has 100 valence electrons. The molecule has 18 heavy (non-hydrogen) atoms. The maximum absolute atomic E-state index is 11.8. The summed E-state index contributed by atoms with van der Waals surface area (Å²) in [7, 11) is 3.46. The highest BCUT2D eigenvalue weighted by Gasteiger charge is 2.09. The number of amides is 1. The first-order chi connectivity index (χ1) is 8.58. The lowest BCUT2D eigenvalue weighted by Gasteiger charge is -2.14. The SMILES string of the molecule is CCN(C)CCNC(=O)c1ccc(OC)c(O)c1. The number of methoxy groups -OCH3 is 1. The predicted octanol–water partition coefficient (Wildman–Crippen LogP) is 1.08. The van der Waals surface area contributed by atoms with Crippen molar-refractivity contribution in [3.8, 4) is 11.5 Å². The largest absolute Gasteiger partial charge is 0.504 e. The second-order valence-corrected chi connectivity index (χ2v) is 4.04. The quantitative estimate of drug-likeness (QED) is 0.795. The van der Waals surface area contributed by atoms with Crippen molar-refractivity contribution in [3.05, 3.63) is 23.8 Å². The summed E-state index contributed by atoms with van der Waals surface area (Å²) in [5, 5.41) is 12.4. The third-order valence-corrected chi connectivity index (χ3v) is 2.76. The van der Waals surface area contributed by atoms with Crippen LogP contribution >= 0.6 is 0 Å². The van der Waals surface area contributed by atoms with Crippen molar-refractivity contribution in [1.29, 1.82) is 0 Å². The number of hydrogen-bond acceptors (Lipinski definition) is 4. The molecule has 0 spiro atoms. The highest BCUT2D eigenvalue weighted by Crippen LogP contribution is 2.25. The molecule has 0 unspecified atom stereocenters. The van der Waals surface area contributed by atoms with Gasteiger partial charge < -0.3 is 20.1 Å². The van der Waals surface area contributed by atoms with Crippen molar-refractivity contribution in [1.82, 2.24) is 10.2 Å². The molecule has 0 radical (unpaired) electrons. The second kappa shape index (κ2) is 6.86. The van der Waals surface area contributed by atoms with E-state index < -0.39 is 0 Å². The van der Waals surface area contributed by atoms with E-state index in [0.29, 0.717) is 17.9 Å². The van der Waals surface area contributed by atoms with Gasteiger partial charge in [-0.2, -0.15) is 0 Å². The molecule has 1 rings (SSSR count). The summed E-state index contributed by atoms with van der Waals surface area (Å²) >= 11 is 0. The van der Waals surface area contributed by atoms with E-state index in [2.05, 4.69) is 17.1 Å². The van der Waals surface area contributed by atoms with Crippen LogP contribution in [-0.2, 0) is 0 Å². The van der Waals surface area contributed by atoms with Crippen molar-refractivity contribution in [2.24, 2.45) is 0 Å². The van der Waals surface area contributed by atoms with Crippen LogP contribution in [0, 0.1) is 0 Å². The number of phenolic OH excluding ortho intramolecular Hbond substituents is 1. The Morgan fingerprint density at radius 3 is 2.78 bits per heavy atom. The molecule has 0 fully saturated rings. The monoisotopic (exact) mass is 252 g/mol. The van der Waals surface area contributed by atoms with Crippen LogP contribution in [0.3, 0.4) is 0 Å². The lowest BCUT2D eigenvalue weighted by molar-refractivity contribution is 0.0949. The molecule has 0 aliphatic heterocycles. The highest BCUT2D eigenvalue weighted by atomic mass is 16.5. The number of carbonyl (C=O) groups is 1. The number of nitrogens with one attached hydrogen (secondary N) is 1. The molecule has 1 amide bonds. The Kier molecular flexibility index (Phi) is 5.45. The Hall–Kier alpha value is -1.75. The van der Waals surface area contributed by atoms with Crippen LogP contribution in [0.2, 0.25) is 0 Å². The summed E-state index contributed by atoms with van der Waals surface area (Å²) in [6, 6.07) is 4.59. The van der Waals surface area contributed by atoms with Gasteiger partial charge in [-0.1, -0.05) is 6.92 Å². The lowest BCUT2D eigenvalue weighted by Crippen LogP contribution is -2.32. The Labute approximate surface area is 107 Å². The van der Waals surface area contributed by atoms with Gasteiger partial charge in [-0.15, -0.1) is 0 Å². The standard InChI is InChI=1S/C13H20N2O3/c1-4-15(2)8-7-14-13(17)10-5-6-12(18-3)11(16)9-10/h5-6,9,16H,4,7-8H2,1-3H3,(H,14,17). The number of aromatic hydroxyl groups is 1. The fraction of sp³-hybridized carbons (Fsp3) is 0.462. The Balaban J connectivity index is 2.54. The van der Waals surface area contributed by atoms with E-state index in [1.54, 1.807) is 12.1 Å². The number of carbonyl (C=O) groups excluding carboxylic acids is 1. The van der Waals surface area contributed by atoms with E-state index in [1.165, 1.54) is 13.2 Å². The van der Waals surface area contributed by atoms with Crippen molar-refractivity contribution < 1.29 is 14.6 Å². The van der Waals surface area contributed by atoms with E-state index in [0.717, 1.165) is 13.1 Å². The molecule has 0 aliphatic carbocycles. The van der Waals surface area contributed by atoms with Crippen molar-refractivity contribution in [2.75, 3.05) is 33.8 Å². The number of phenols is 1. The summed E-state index contributed by atoms with van der Waals surface area (Å²) < 4.78 is 4.92. The molecule has 0 heterocycles. The minimum Gasteiger partial charge on any atom is -0.504 e. The van der Waals surface area contributed by atoms with Crippen LogP contribution < -0.4 is 10.1 Å². The number of ether oxygens (including phenoxy) is 1. The van der Waals surface area contributed by atoms with Crippen LogP contribution in [0.1, 0.15) is 17.3 Å². The average Bonchev–Trinajstić information content (AvgIpc) is 2.38. The molecule has 1 aromatic carbocycles. The maximum Gasteiger partial charge on any atom is 0.251 e. The zero-order valence-electron chi connectivity index (χ0n) is 11.1. The van der Waals surface area contributed by atoms with Gasteiger partial charge in [0.1, 0.15) is 0 Å². The van der Waals surface area contributed by atoms with Gasteiger partial charge in [0.2, 0.25) is 0 Å². The van der Waals surface area contributed by atoms with Crippen LogP contribution in [0.25, 0.3) is 0 Å². The molecule has 1 aromatic rings. The zero-order valence-corrected chi connectivity index (χ0v) is 11.1. The molecule has 5 heteroatoms. The van der Waals surface area contributed by atoms with Gasteiger partial charge in [-0.3, -0.25) is 4.79 Å². The fourth-order valence-electron chi connectivity index (χ4n) is 1.45. The van der Waals surface area contributed by atoms with Gasteiger partial charge in [-0.05, 0) is 31.8 Å². The normalized spacial score (nSPS) is 10.4. The van der Waals surface area contributed by atoms with E-state index in [-0.39, 0.29) is 11.7 Å². The van der Waals surface area contributed by atoms with Gasteiger partial charge in [0, 0.05) is 18.7 Å². The van der Waals surface area contributed by atoms with Crippen molar-refractivity contribution >= 4 is 5.91 Å². The predicted molar refractivity (Wildman–Crippen MR) is 70.2 cm³/mol. The molecule has 0 atom stereocenters. The first-order valence-corrected chi connectivity index (χ1v) is 5.92. The topological polar surface area (TPSA) is 61.8 Å². The van der Waals surface area contributed by atoms with Crippen molar-refractivity contribution in [2.45, 2.75) is 6.92 Å². The minimum absolute atomic E-state index is 0.0316. The minimum atomic E-state index is -0.197. The second-order valence-electron chi connectivity index (χ2n) is 4.04. The van der Waals surface area contributed by atoms with Crippen molar-refractivity contribution in [3.63, 3.8) is 0 Å². The maximum atomic E-state index is 11.8. The molecular weight excluding hydrogens is 232 g/mol. The molecule has 0 saturated carbocycles. The third kappa shape index (κ3) is 3.92. The van der Waals surface area contributed by atoms with E-state index in [9.17, 15) is 9.90 Å². The highest BCUT2D eigenvalue weighted by molar-refractivity contribution is 5.94. The molecule has 0 aromatic heterocycles. The summed E-state index contributed by atoms with van der Waals surface area (Å²) in [5.74, 6) is 0.130. The summed E-state index contributed by atoms with van der Waals surface area (Å²) in [4.78, 5) is 13.9. The summed E-state index contributed by atoms with van der Waals surface area (Å²) in [6.07, 6.45) is 0. The van der Waals surface area contributed by atoms with Crippen LogP contribution in [0.4, 0.5) is 0 Å². The third-order valence-electron chi connectivity index (χ3n) is 2.76. The Morgan fingerprint density at radius 1 is 1.50 bits per heavy atom. The zero-order chi connectivity index (χ0) is 13.5. The van der Waals surface area contributed by atoms with Gasteiger partial charge in [-0.25, -0.2) is 0 Å². The molecular formula is C13H20N2O3. The number of benzene rings is 1. The number of nitrogens with zero attached hydrogens (tertiary/aromatic N) is 1. The summed E-state index contributed by atoms with van der Waals surface area (Å²) in [5.41, 5.74) is 0.424. The first kappa shape index (κ1) is 14.3. The molecule has 2 N–H and O–H groups in total. The Morgan fingerprint density at radius 2 is 2.22 bits per heavy atom. The number of likely N-dealkylation sites (N-methyl/N-ethyl adjacent to an activating group) is 1. The van der Waals surface area contributed by atoms with Gasteiger partial charge in [0.25, 0.3) is 5.91 Å². The van der Waals surface area contributed by atoms with Crippen LogP contribution in [0.5, 0.6) is 11.5 Å². The Bertz CT molecular complexity index is 407. The van der Waals surface area contributed by atoms with E-state index in [1.807, 2.05) is 7.05 Å². The molecule has 0 bridgehead atoms. The van der Waals surface area contributed by atoms with E-state index >= 15 is 0 Å². The first-order valence-electron chi connectivity index (χ1n) is 5.92. The van der Waals surface area contributed by atoms with Gasteiger partial charge >= 0.3 is 0 Å². The van der Waals surface area contributed by atoms with Gasteiger partial charge in [0.15, 0.2) is 11.5 Å². The fourth-order valence-corrected chi connectivity index (χ4v) is 1.45. The lowest BCUT2D eigenvalue weighted by atomic mass is 10.2. The molecule has 0 saturated heterocycles. The summed E-state index contributed by atoms with van der Waals surface area (Å²) in [6.45, 7) is 4.38. The average molecular weight is 252 g/mol. The van der Waals surface area contributed by atoms with Crippen LogP contribution in [-0.4, -0.2) is 49.7 Å². The van der Waals surface area contributed by atoms with E-state index in [4.69, 9.17) is 4.74 Å². The van der Waals surface area contributed by atoms with Crippen LogP contribution in [0.15, 0.2) is 18.2 Å². The number of rotatable bonds is 6. The van der Waals surface area contributed by atoms with Gasteiger partial charge in [0.05, 0.1) is 7.11 Å². The number of hydrogen-bond donors (Lipinski definition) is 2. The molecule has 0 aliphatic rings. The molecule has 5 nitrogen and oxygen atoms in total. The smallest absolute Gasteiger partial charge is 0.251 e.